The molecule has 2 nitrogen and oxygen atoms in total. The summed E-state index contributed by atoms with van der Waals surface area (Å²) < 4.78 is 5.40. The highest BCUT2D eigenvalue weighted by Gasteiger charge is 2.25. The first-order chi connectivity index (χ1) is 7.33. The fraction of sp³-hybridized carbons (Fsp3) is 0.357. The van der Waals surface area contributed by atoms with Gasteiger partial charge in [0.2, 0.25) is 0 Å². The number of hydrogen-bond donors (Lipinski definition) is 0. The summed E-state index contributed by atoms with van der Waals surface area (Å²) in [6.45, 7) is 11.0. The van der Waals surface area contributed by atoms with E-state index in [-0.39, 0.29) is 5.97 Å². The van der Waals surface area contributed by atoms with Crippen LogP contribution in [0.4, 0.5) is 0 Å². The van der Waals surface area contributed by atoms with Crippen LogP contribution in [0.2, 0.25) is 0 Å². The molecule has 0 saturated heterocycles. The molecule has 86 valence electrons. The van der Waals surface area contributed by atoms with Crippen molar-refractivity contribution in [3.05, 3.63) is 47.5 Å². The lowest BCUT2D eigenvalue weighted by molar-refractivity contribution is -0.152. The molecule has 0 N–H and O–H groups in total. The molecule has 1 aromatic rings. The maximum Gasteiger partial charge on any atom is 0.333 e. The first-order valence-electron chi connectivity index (χ1n) is 5.29. The molecule has 0 heterocycles. The van der Waals surface area contributed by atoms with Crippen molar-refractivity contribution in [2.75, 3.05) is 0 Å². The van der Waals surface area contributed by atoms with Crippen LogP contribution in [-0.4, -0.2) is 5.97 Å². The Morgan fingerprint density at radius 1 is 1.38 bits per heavy atom. The number of hydrogen-bond acceptors (Lipinski definition) is 2. The average Bonchev–Trinajstić information content (AvgIpc) is 2.17. The van der Waals surface area contributed by atoms with E-state index in [1.807, 2.05) is 45.0 Å². The highest BCUT2D eigenvalue weighted by atomic mass is 16.6. The third-order valence-electron chi connectivity index (χ3n) is 2.41. The van der Waals surface area contributed by atoms with Crippen LogP contribution in [-0.2, 0) is 15.1 Å². The SMILES string of the molecule is C=C(C)C(=O)OC(C)(C)c1cccc(C)c1. The van der Waals surface area contributed by atoms with Crippen LogP contribution < -0.4 is 0 Å². The number of carbonyl (C=O) groups excluding carboxylic acids is 1. The Bertz CT molecular complexity index is 416. The predicted molar refractivity (Wildman–Crippen MR) is 65.1 cm³/mol. The molecule has 0 atom stereocenters. The molecule has 0 aromatic heterocycles. The molecule has 0 spiro atoms. The van der Waals surface area contributed by atoms with Gasteiger partial charge in [0.05, 0.1) is 0 Å². The Balaban J connectivity index is 2.93. The van der Waals surface area contributed by atoms with Crippen molar-refractivity contribution in [1.29, 1.82) is 0 Å². The molecule has 1 rings (SSSR count). The van der Waals surface area contributed by atoms with Gasteiger partial charge in [-0.25, -0.2) is 4.79 Å². The van der Waals surface area contributed by atoms with Crippen LogP contribution in [0.25, 0.3) is 0 Å². The molecule has 0 fully saturated rings. The highest BCUT2D eigenvalue weighted by molar-refractivity contribution is 5.87. The zero-order valence-corrected chi connectivity index (χ0v) is 10.3. The van der Waals surface area contributed by atoms with Crippen molar-refractivity contribution in [2.45, 2.75) is 33.3 Å². The van der Waals surface area contributed by atoms with Crippen molar-refractivity contribution in [3.8, 4) is 0 Å². The van der Waals surface area contributed by atoms with E-state index < -0.39 is 5.60 Å². The second-order valence-corrected chi connectivity index (χ2v) is 4.55. The molecule has 1 aromatic carbocycles. The van der Waals surface area contributed by atoms with Crippen molar-refractivity contribution in [3.63, 3.8) is 0 Å². The van der Waals surface area contributed by atoms with Gasteiger partial charge in [0.25, 0.3) is 0 Å². The summed E-state index contributed by atoms with van der Waals surface area (Å²) in [5.41, 5.74) is 1.93. The van der Waals surface area contributed by atoms with Crippen molar-refractivity contribution in [2.24, 2.45) is 0 Å². The monoisotopic (exact) mass is 218 g/mol. The Labute approximate surface area is 96.9 Å². The quantitative estimate of drug-likeness (QED) is 0.574. The van der Waals surface area contributed by atoms with Crippen molar-refractivity contribution >= 4 is 5.97 Å². The third-order valence-corrected chi connectivity index (χ3v) is 2.41. The summed E-state index contributed by atoms with van der Waals surface area (Å²) in [6, 6.07) is 7.95. The molecule has 2 heteroatoms. The summed E-state index contributed by atoms with van der Waals surface area (Å²) in [5, 5.41) is 0. The van der Waals surface area contributed by atoms with Gasteiger partial charge in [-0.2, -0.15) is 0 Å². The van der Waals surface area contributed by atoms with Crippen LogP contribution in [0.5, 0.6) is 0 Å². The largest absolute Gasteiger partial charge is 0.451 e. The fourth-order valence-corrected chi connectivity index (χ4v) is 1.40. The minimum absolute atomic E-state index is 0.355. The lowest BCUT2D eigenvalue weighted by Gasteiger charge is -2.26. The molecule has 0 aliphatic carbocycles. The number of esters is 1. The second-order valence-electron chi connectivity index (χ2n) is 4.55. The molecule has 16 heavy (non-hydrogen) atoms. The van der Waals surface area contributed by atoms with Crippen LogP contribution in [0.15, 0.2) is 36.4 Å². The van der Waals surface area contributed by atoms with Crippen molar-refractivity contribution < 1.29 is 9.53 Å². The van der Waals surface area contributed by atoms with Gasteiger partial charge >= 0.3 is 5.97 Å². The summed E-state index contributed by atoms with van der Waals surface area (Å²) in [4.78, 5) is 11.5. The normalized spacial score (nSPS) is 11.0. The summed E-state index contributed by atoms with van der Waals surface area (Å²) in [7, 11) is 0. The van der Waals surface area contributed by atoms with E-state index in [1.54, 1.807) is 6.92 Å². The Kier molecular flexibility index (Phi) is 3.53. The molecule has 0 unspecified atom stereocenters. The number of carbonyl (C=O) groups is 1. The first-order valence-corrected chi connectivity index (χ1v) is 5.29. The van der Waals surface area contributed by atoms with Gasteiger partial charge in [0, 0.05) is 5.57 Å². The Morgan fingerprint density at radius 3 is 2.50 bits per heavy atom. The number of rotatable bonds is 3. The van der Waals surface area contributed by atoms with Crippen LogP contribution in [0, 0.1) is 6.92 Å². The molecule has 0 aliphatic heterocycles. The Hall–Kier alpha value is -1.57. The van der Waals surface area contributed by atoms with E-state index in [4.69, 9.17) is 4.74 Å². The van der Waals surface area contributed by atoms with E-state index in [0.29, 0.717) is 5.57 Å². The van der Waals surface area contributed by atoms with Crippen LogP contribution in [0.1, 0.15) is 31.9 Å². The minimum atomic E-state index is -0.623. The second kappa shape index (κ2) is 4.52. The zero-order chi connectivity index (χ0) is 12.3. The lowest BCUT2D eigenvalue weighted by atomic mass is 9.96. The maximum absolute atomic E-state index is 11.5. The van der Waals surface area contributed by atoms with E-state index in [0.717, 1.165) is 11.1 Å². The number of benzene rings is 1. The van der Waals surface area contributed by atoms with Gasteiger partial charge in [-0.05, 0) is 33.3 Å². The van der Waals surface area contributed by atoms with Crippen LogP contribution in [0.3, 0.4) is 0 Å². The average molecular weight is 218 g/mol. The standard InChI is InChI=1S/C14H18O2/c1-10(2)13(15)16-14(4,5)12-8-6-7-11(3)9-12/h6-9H,1H2,2-5H3. The molecule has 0 radical (unpaired) electrons. The van der Waals surface area contributed by atoms with E-state index in [9.17, 15) is 4.79 Å². The summed E-state index contributed by atoms with van der Waals surface area (Å²) >= 11 is 0. The lowest BCUT2D eigenvalue weighted by Crippen LogP contribution is -2.25. The molecule has 0 saturated carbocycles. The van der Waals surface area contributed by atoms with E-state index in [2.05, 4.69) is 6.58 Å². The Morgan fingerprint density at radius 2 is 2.00 bits per heavy atom. The van der Waals surface area contributed by atoms with Crippen molar-refractivity contribution in [1.82, 2.24) is 0 Å². The van der Waals surface area contributed by atoms with Gasteiger partial charge < -0.3 is 4.74 Å². The van der Waals surface area contributed by atoms with Gasteiger partial charge in [0.1, 0.15) is 5.60 Å². The minimum Gasteiger partial charge on any atom is -0.451 e. The zero-order valence-electron chi connectivity index (χ0n) is 10.3. The van der Waals surface area contributed by atoms with Gasteiger partial charge in [-0.15, -0.1) is 0 Å². The molecular weight excluding hydrogens is 200 g/mol. The molecular formula is C14H18O2. The summed E-state index contributed by atoms with van der Waals surface area (Å²) in [6.07, 6.45) is 0. The third kappa shape index (κ3) is 2.96. The molecule has 0 bridgehead atoms. The summed E-state index contributed by atoms with van der Waals surface area (Å²) in [5.74, 6) is -0.355. The molecule has 0 amide bonds. The predicted octanol–water partition coefficient (Wildman–Crippen LogP) is 3.35. The van der Waals surface area contributed by atoms with Gasteiger partial charge in [-0.3, -0.25) is 0 Å². The number of ether oxygens (including phenoxy) is 1. The molecule has 0 aliphatic rings. The first kappa shape index (κ1) is 12.5. The van der Waals surface area contributed by atoms with Gasteiger partial charge in [0.15, 0.2) is 0 Å². The van der Waals surface area contributed by atoms with E-state index in [1.165, 1.54) is 0 Å². The highest BCUT2D eigenvalue weighted by Crippen LogP contribution is 2.26. The fourth-order valence-electron chi connectivity index (χ4n) is 1.40. The van der Waals surface area contributed by atoms with Crippen LogP contribution >= 0.6 is 0 Å². The topological polar surface area (TPSA) is 26.3 Å². The maximum atomic E-state index is 11.5. The smallest absolute Gasteiger partial charge is 0.333 e. The van der Waals surface area contributed by atoms with Gasteiger partial charge in [-0.1, -0.05) is 36.4 Å². The van der Waals surface area contributed by atoms with E-state index >= 15 is 0 Å². The number of aryl methyl sites for hydroxylation is 1.